The van der Waals surface area contributed by atoms with Gasteiger partial charge in [-0.25, -0.2) is 0 Å². The summed E-state index contributed by atoms with van der Waals surface area (Å²) in [5.74, 6) is 0.839. The first kappa shape index (κ1) is 18.9. The Hall–Kier alpha value is -1.88. The minimum absolute atomic E-state index is 0.0477. The van der Waals surface area contributed by atoms with Crippen molar-refractivity contribution in [3.05, 3.63) is 35.4 Å². The number of aryl methyl sites for hydroxylation is 1. The molecule has 1 aliphatic carbocycles. The largest absolute Gasteiger partial charge is 0.355 e. The highest BCUT2D eigenvalue weighted by atomic mass is 16.2. The molecule has 2 atom stereocenters. The zero-order chi connectivity index (χ0) is 18.5. The molecule has 2 aliphatic rings. The highest BCUT2D eigenvalue weighted by Crippen LogP contribution is 2.37. The number of carbonyl (C=O) groups is 2. The van der Waals surface area contributed by atoms with Gasteiger partial charge < -0.3 is 10.6 Å². The average Bonchev–Trinajstić information content (AvgIpc) is 3.35. The predicted octanol–water partition coefficient (Wildman–Crippen LogP) is 2.24. The maximum atomic E-state index is 12.1. The van der Waals surface area contributed by atoms with E-state index in [-0.39, 0.29) is 23.8 Å². The second-order valence-corrected chi connectivity index (χ2v) is 7.90. The van der Waals surface area contributed by atoms with Crippen LogP contribution in [0.3, 0.4) is 0 Å². The van der Waals surface area contributed by atoms with Crippen LogP contribution in [0.4, 0.5) is 0 Å². The Morgan fingerprint density at radius 3 is 2.54 bits per heavy atom. The molecule has 2 amide bonds. The normalized spacial score (nSPS) is 23.5. The maximum Gasteiger partial charge on any atom is 0.223 e. The minimum atomic E-state index is 0.0477. The molecule has 1 aromatic carbocycles. The molecule has 1 saturated heterocycles. The number of rotatable bonds is 7. The molecule has 2 N–H and O–H groups in total. The van der Waals surface area contributed by atoms with E-state index in [1.807, 2.05) is 0 Å². The number of nitrogens with zero attached hydrogens (tertiary/aromatic N) is 1. The third-order valence-corrected chi connectivity index (χ3v) is 5.71. The molecule has 1 aliphatic heterocycles. The molecule has 5 heteroatoms. The lowest BCUT2D eigenvalue weighted by Crippen LogP contribution is -2.45. The Bertz CT molecular complexity index is 638. The molecular formula is C21H31N3O2. The van der Waals surface area contributed by atoms with Crippen LogP contribution >= 0.6 is 0 Å². The van der Waals surface area contributed by atoms with Gasteiger partial charge in [-0.05, 0) is 43.2 Å². The predicted molar refractivity (Wildman–Crippen MR) is 103 cm³/mol. The summed E-state index contributed by atoms with van der Waals surface area (Å²) < 4.78 is 0. The molecule has 142 valence electrons. The quantitative estimate of drug-likeness (QED) is 0.787. The molecule has 0 radical (unpaired) electrons. The Morgan fingerprint density at radius 1 is 1.19 bits per heavy atom. The van der Waals surface area contributed by atoms with Gasteiger partial charge in [0, 0.05) is 44.6 Å². The summed E-state index contributed by atoms with van der Waals surface area (Å²) in [6.07, 6.45) is 3.34. The number of nitrogens with one attached hydrogen (secondary N) is 2. The van der Waals surface area contributed by atoms with Crippen molar-refractivity contribution < 1.29 is 9.59 Å². The number of amides is 2. The van der Waals surface area contributed by atoms with Crippen molar-refractivity contribution in [3.63, 3.8) is 0 Å². The van der Waals surface area contributed by atoms with Crippen LogP contribution in [-0.4, -0.2) is 42.4 Å². The molecule has 0 spiro atoms. The monoisotopic (exact) mass is 357 g/mol. The number of likely N-dealkylation sites (tertiary alicyclic amines) is 1. The summed E-state index contributed by atoms with van der Waals surface area (Å²) in [6.45, 7) is 7.69. The molecule has 3 rings (SSSR count). The number of piperidine rings is 1. The van der Waals surface area contributed by atoms with Crippen LogP contribution in [0.25, 0.3) is 0 Å². The smallest absolute Gasteiger partial charge is 0.223 e. The fourth-order valence-corrected chi connectivity index (χ4v) is 3.68. The first-order valence-corrected chi connectivity index (χ1v) is 9.87. The van der Waals surface area contributed by atoms with Crippen molar-refractivity contribution in [2.24, 2.45) is 11.8 Å². The Morgan fingerprint density at radius 2 is 1.88 bits per heavy atom. The van der Waals surface area contributed by atoms with Crippen molar-refractivity contribution in [2.75, 3.05) is 19.6 Å². The van der Waals surface area contributed by atoms with Gasteiger partial charge in [0.1, 0.15) is 0 Å². The van der Waals surface area contributed by atoms with Gasteiger partial charge in [0.25, 0.3) is 0 Å². The molecular weight excluding hydrogens is 326 g/mol. The van der Waals surface area contributed by atoms with Crippen molar-refractivity contribution in [1.29, 1.82) is 0 Å². The van der Waals surface area contributed by atoms with Gasteiger partial charge in [0.05, 0.1) is 0 Å². The minimum Gasteiger partial charge on any atom is -0.355 e. The van der Waals surface area contributed by atoms with Crippen LogP contribution in [0.15, 0.2) is 24.3 Å². The van der Waals surface area contributed by atoms with Crippen LogP contribution in [-0.2, 0) is 16.1 Å². The number of benzene rings is 1. The van der Waals surface area contributed by atoms with E-state index < -0.39 is 0 Å². The molecule has 1 aromatic rings. The summed E-state index contributed by atoms with van der Waals surface area (Å²) in [6, 6.07) is 8.78. The van der Waals surface area contributed by atoms with Crippen LogP contribution in [0.5, 0.6) is 0 Å². The summed E-state index contributed by atoms with van der Waals surface area (Å²) >= 11 is 0. The molecule has 5 nitrogen and oxygen atoms in total. The third-order valence-electron chi connectivity index (χ3n) is 5.71. The standard InChI is InChI=1S/C21H31N3O2/c1-15-5-3-4-6-17(15)14-24-11-8-18(9-12-24)23-20(25)7-10-22-21(26)19-13-16(19)2/h3-6,16,18-19H,7-14H2,1-2H3,(H,22,26)(H,23,25). The number of hydrogen-bond donors (Lipinski definition) is 2. The lowest BCUT2D eigenvalue weighted by atomic mass is 10.0. The van der Waals surface area contributed by atoms with Gasteiger partial charge in [-0.15, -0.1) is 0 Å². The maximum absolute atomic E-state index is 12.1. The molecule has 2 fully saturated rings. The van der Waals surface area contributed by atoms with E-state index in [1.165, 1.54) is 11.1 Å². The Balaban J connectivity index is 1.31. The first-order valence-electron chi connectivity index (χ1n) is 9.87. The van der Waals surface area contributed by atoms with Crippen molar-refractivity contribution in [1.82, 2.24) is 15.5 Å². The zero-order valence-electron chi connectivity index (χ0n) is 16.0. The van der Waals surface area contributed by atoms with Crippen LogP contribution in [0.2, 0.25) is 0 Å². The number of carbonyl (C=O) groups excluding carboxylic acids is 2. The summed E-state index contributed by atoms with van der Waals surface area (Å²) in [5.41, 5.74) is 2.72. The Labute approximate surface area is 156 Å². The molecule has 26 heavy (non-hydrogen) atoms. The van der Waals surface area contributed by atoms with Crippen LogP contribution in [0, 0.1) is 18.8 Å². The second kappa shape index (κ2) is 8.67. The van der Waals surface area contributed by atoms with E-state index in [2.05, 4.69) is 53.6 Å². The van der Waals surface area contributed by atoms with Crippen LogP contribution in [0.1, 0.15) is 43.7 Å². The van der Waals surface area contributed by atoms with Gasteiger partial charge >= 0.3 is 0 Å². The molecule has 1 heterocycles. The van der Waals surface area contributed by atoms with Gasteiger partial charge in [-0.2, -0.15) is 0 Å². The summed E-state index contributed by atoms with van der Waals surface area (Å²) in [4.78, 5) is 26.3. The van der Waals surface area contributed by atoms with Gasteiger partial charge in [0.2, 0.25) is 11.8 Å². The van der Waals surface area contributed by atoms with Crippen LogP contribution < -0.4 is 10.6 Å². The SMILES string of the molecule is Cc1ccccc1CN1CCC(NC(=O)CCNC(=O)C2CC2C)CC1. The molecule has 2 unspecified atom stereocenters. The van der Waals surface area contributed by atoms with E-state index in [9.17, 15) is 9.59 Å². The van der Waals surface area contributed by atoms with Crippen molar-refractivity contribution >= 4 is 11.8 Å². The second-order valence-electron chi connectivity index (χ2n) is 7.90. The lowest BCUT2D eigenvalue weighted by Gasteiger charge is -2.32. The van der Waals surface area contributed by atoms with Gasteiger partial charge in [-0.1, -0.05) is 31.2 Å². The van der Waals surface area contributed by atoms with E-state index in [1.54, 1.807) is 0 Å². The van der Waals surface area contributed by atoms with Crippen molar-refractivity contribution in [2.45, 2.75) is 52.1 Å². The van der Waals surface area contributed by atoms with E-state index in [0.717, 1.165) is 38.9 Å². The summed E-state index contributed by atoms with van der Waals surface area (Å²) in [7, 11) is 0. The van der Waals surface area contributed by atoms with E-state index in [4.69, 9.17) is 0 Å². The highest BCUT2D eigenvalue weighted by Gasteiger charge is 2.38. The van der Waals surface area contributed by atoms with Crippen molar-refractivity contribution in [3.8, 4) is 0 Å². The van der Waals surface area contributed by atoms with Gasteiger partial charge in [-0.3, -0.25) is 14.5 Å². The number of hydrogen-bond acceptors (Lipinski definition) is 3. The molecule has 0 aromatic heterocycles. The summed E-state index contributed by atoms with van der Waals surface area (Å²) in [5, 5.41) is 6.00. The zero-order valence-corrected chi connectivity index (χ0v) is 16.0. The molecule has 0 bridgehead atoms. The average molecular weight is 357 g/mol. The fourth-order valence-electron chi connectivity index (χ4n) is 3.68. The Kier molecular flexibility index (Phi) is 6.30. The van der Waals surface area contributed by atoms with E-state index in [0.29, 0.717) is 18.9 Å². The fraction of sp³-hybridized carbons (Fsp3) is 0.619. The van der Waals surface area contributed by atoms with E-state index >= 15 is 0 Å². The van der Waals surface area contributed by atoms with Gasteiger partial charge in [0.15, 0.2) is 0 Å². The molecule has 1 saturated carbocycles. The highest BCUT2D eigenvalue weighted by molar-refractivity contribution is 5.82. The third kappa shape index (κ3) is 5.31. The topological polar surface area (TPSA) is 61.4 Å². The first-order chi connectivity index (χ1) is 12.5. The lowest BCUT2D eigenvalue weighted by molar-refractivity contribution is -0.123.